The molecule has 4 rings (SSSR count). The van der Waals surface area contributed by atoms with Crippen molar-refractivity contribution in [1.29, 1.82) is 0 Å². The van der Waals surface area contributed by atoms with Crippen molar-refractivity contribution in [3.05, 3.63) is 64.9 Å². The van der Waals surface area contributed by atoms with Crippen molar-refractivity contribution in [3.63, 3.8) is 0 Å². The summed E-state index contributed by atoms with van der Waals surface area (Å²) in [5.41, 5.74) is 1.03. The van der Waals surface area contributed by atoms with Crippen LogP contribution in [0.2, 0.25) is 5.02 Å². The summed E-state index contributed by atoms with van der Waals surface area (Å²) in [6.07, 6.45) is 0.767. The summed E-state index contributed by atoms with van der Waals surface area (Å²) in [7, 11) is 0. The Morgan fingerprint density at radius 2 is 1.86 bits per heavy atom. The Kier molecular flexibility index (Phi) is 6.75. The van der Waals surface area contributed by atoms with Crippen molar-refractivity contribution in [2.24, 2.45) is 0 Å². The molecule has 2 aliphatic rings. The second-order valence-electron chi connectivity index (χ2n) is 7.40. The summed E-state index contributed by atoms with van der Waals surface area (Å²) in [5.74, 6) is -0.0657. The van der Waals surface area contributed by atoms with E-state index in [1.54, 1.807) is 23.9 Å². The number of halogens is 2. The average Bonchev–Trinajstić information content (AvgIpc) is 3.13. The third-order valence-electron chi connectivity index (χ3n) is 5.42. The molecule has 1 amide bonds. The molecule has 2 heterocycles. The number of amides is 1. The first kappa shape index (κ1) is 20.7. The maximum Gasteiger partial charge on any atom is 0.240 e. The van der Waals surface area contributed by atoms with E-state index < -0.39 is 0 Å². The third kappa shape index (κ3) is 5.12. The molecule has 2 atom stereocenters. The van der Waals surface area contributed by atoms with Gasteiger partial charge in [0.1, 0.15) is 5.82 Å². The van der Waals surface area contributed by atoms with E-state index in [0.29, 0.717) is 32.8 Å². The van der Waals surface area contributed by atoms with E-state index in [1.807, 2.05) is 29.2 Å². The van der Waals surface area contributed by atoms with Crippen LogP contribution in [0.3, 0.4) is 0 Å². The predicted octanol–water partition coefficient (Wildman–Crippen LogP) is 4.07. The molecule has 0 aromatic heterocycles. The van der Waals surface area contributed by atoms with Crippen LogP contribution < -0.4 is 0 Å². The van der Waals surface area contributed by atoms with Gasteiger partial charge in [-0.15, -0.1) is 11.8 Å². The van der Waals surface area contributed by atoms with Crippen LogP contribution in [0.15, 0.2) is 53.4 Å². The Balaban J connectivity index is 1.51. The lowest BCUT2D eigenvalue weighted by molar-refractivity contribution is -0.140. The monoisotopic (exact) mass is 434 g/mol. The Morgan fingerprint density at radius 1 is 1.14 bits per heavy atom. The van der Waals surface area contributed by atoms with E-state index in [9.17, 15) is 9.18 Å². The minimum atomic E-state index is -0.235. The third-order valence-corrected chi connectivity index (χ3v) is 7.01. The van der Waals surface area contributed by atoms with E-state index in [1.165, 1.54) is 12.1 Å². The molecule has 2 aromatic carbocycles. The standard InChI is InChI=1S/C22H24ClFN2O2S/c23-20-4-2-1-3-16(20)14-26-15-19(29-18-7-5-17(24)6-8-18)13-21(26)22(27)25-9-11-28-12-10-25/h1-8,19,21H,9-15H2/t19-,21-/m0/s1. The van der Waals surface area contributed by atoms with Crippen LogP contribution in [-0.2, 0) is 16.1 Å². The number of carbonyl (C=O) groups excluding carboxylic acids is 1. The summed E-state index contributed by atoms with van der Waals surface area (Å²) in [4.78, 5) is 18.4. The lowest BCUT2D eigenvalue weighted by Crippen LogP contribution is -2.49. The van der Waals surface area contributed by atoms with Gasteiger partial charge in [0.25, 0.3) is 0 Å². The summed E-state index contributed by atoms with van der Waals surface area (Å²) in [6.45, 7) is 3.90. The molecular weight excluding hydrogens is 411 g/mol. The molecule has 2 saturated heterocycles. The number of hydrogen-bond acceptors (Lipinski definition) is 4. The molecule has 2 fully saturated rings. The zero-order chi connectivity index (χ0) is 20.2. The van der Waals surface area contributed by atoms with Gasteiger partial charge < -0.3 is 9.64 Å². The maximum absolute atomic E-state index is 13.3. The molecule has 2 aromatic rings. The number of benzene rings is 2. The molecule has 2 aliphatic heterocycles. The number of hydrogen-bond donors (Lipinski definition) is 0. The van der Waals surface area contributed by atoms with Crippen LogP contribution in [0, 0.1) is 5.82 Å². The maximum atomic E-state index is 13.3. The van der Waals surface area contributed by atoms with Crippen molar-refractivity contribution >= 4 is 29.3 Å². The first-order valence-electron chi connectivity index (χ1n) is 9.86. The van der Waals surface area contributed by atoms with Gasteiger partial charge in [0.2, 0.25) is 5.91 Å². The Morgan fingerprint density at radius 3 is 2.59 bits per heavy atom. The van der Waals surface area contributed by atoms with Crippen molar-refractivity contribution < 1.29 is 13.9 Å². The van der Waals surface area contributed by atoms with Crippen molar-refractivity contribution in [3.8, 4) is 0 Å². The van der Waals surface area contributed by atoms with Crippen molar-refractivity contribution in [2.45, 2.75) is 29.2 Å². The van der Waals surface area contributed by atoms with Crippen LogP contribution in [0.4, 0.5) is 4.39 Å². The summed E-state index contributed by atoms with van der Waals surface area (Å²) in [5, 5.41) is 0.984. The second-order valence-corrected chi connectivity index (χ2v) is 9.18. The number of nitrogens with zero attached hydrogens (tertiary/aromatic N) is 2. The fraction of sp³-hybridized carbons (Fsp3) is 0.409. The van der Waals surface area contributed by atoms with Crippen molar-refractivity contribution in [1.82, 2.24) is 9.80 Å². The van der Waals surface area contributed by atoms with E-state index in [-0.39, 0.29) is 23.0 Å². The number of rotatable bonds is 5. The SMILES string of the molecule is O=C([C@@H]1C[C@H](Sc2ccc(F)cc2)CN1Cc1ccccc1Cl)N1CCOCC1. The smallest absolute Gasteiger partial charge is 0.240 e. The van der Waals surface area contributed by atoms with Gasteiger partial charge in [-0.25, -0.2) is 4.39 Å². The zero-order valence-electron chi connectivity index (χ0n) is 16.1. The highest BCUT2D eigenvalue weighted by molar-refractivity contribution is 8.00. The Hall–Kier alpha value is -1.60. The molecule has 0 saturated carbocycles. The Labute approximate surface area is 180 Å². The highest BCUT2D eigenvalue weighted by atomic mass is 35.5. The van der Waals surface area contributed by atoms with Gasteiger partial charge in [0.05, 0.1) is 19.3 Å². The molecule has 0 bridgehead atoms. The highest BCUT2D eigenvalue weighted by Crippen LogP contribution is 2.35. The van der Waals surface area contributed by atoms with Gasteiger partial charge >= 0.3 is 0 Å². The molecule has 29 heavy (non-hydrogen) atoms. The van der Waals surface area contributed by atoms with Crippen LogP contribution in [0.1, 0.15) is 12.0 Å². The molecule has 7 heteroatoms. The molecule has 0 radical (unpaired) electrons. The average molecular weight is 435 g/mol. The fourth-order valence-electron chi connectivity index (χ4n) is 3.92. The summed E-state index contributed by atoms with van der Waals surface area (Å²) < 4.78 is 18.6. The number of ether oxygens (including phenoxy) is 1. The number of thioether (sulfide) groups is 1. The molecule has 4 nitrogen and oxygen atoms in total. The van der Waals surface area contributed by atoms with Gasteiger partial charge in [0.15, 0.2) is 0 Å². The molecule has 0 N–H and O–H groups in total. The predicted molar refractivity (Wildman–Crippen MR) is 114 cm³/mol. The second kappa shape index (κ2) is 9.47. The summed E-state index contributed by atoms with van der Waals surface area (Å²) >= 11 is 8.09. The van der Waals surface area contributed by atoms with Gasteiger partial charge in [-0.2, -0.15) is 0 Å². The van der Waals surface area contributed by atoms with Gasteiger partial charge in [-0.1, -0.05) is 29.8 Å². The fourth-order valence-corrected chi connectivity index (χ4v) is 5.34. The van der Waals surface area contributed by atoms with Crippen LogP contribution in [0.5, 0.6) is 0 Å². The minimum absolute atomic E-state index is 0.169. The first-order valence-corrected chi connectivity index (χ1v) is 11.1. The van der Waals surface area contributed by atoms with Crippen molar-refractivity contribution in [2.75, 3.05) is 32.8 Å². The minimum Gasteiger partial charge on any atom is -0.378 e. The summed E-state index contributed by atoms with van der Waals surface area (Å²) in [6, 6.07) is 14.2. The lowest BCUT2D eigenvalue weighted by Gasteiger charge is -2.32. The van der Waals surface area contributed by atoms with Crippen LogP contribution >= 0.6 is 23.4 Å². The number of morpholine rings is 1. The van der Waals surface area contributed by atoms with Gasteiger partial charge in [-0.05, 0) is 42.3 Å². The lowest BCUT2D eigenvalue weighted by atomic mass is 10.1. The van der Waals surface area contributed by atoms with Gasteiger partial charge in [0, 0.05) is 41.3 Å². The van der Waals surface area contributed by atoms with Gasteiger partial charge in [-0.3, -0.25) is 9.69 Å². The zero-order valence-corrected chi connectivity index (χ0v) is 17.7. The quantitative estimate of drug-likeness (QED) is 0.710. The number of carbonyl (C=O) groups is 1. The molecule has 0 aliphatic carbocycles. The first-order chi connectivity index (χ1) is 14.1. The topological polar surface area (TPSA) is 32.8 Å². The highest BCUT2D eigenvalue weighted by Gasteiger charge is 2.39. The van der Waals surface area contributed by atoms with Crippen LogP contribution in [-0.4, -0.2) is 59.8 Å². The molecule has 154 valence electrons. The van der Waals surface area contributed by atoms with E-state index >= 15 is 0 Å². The van der Waals surface area contributed by atoms with E-state index in [4.69, 9.17) is 16.3 Å². The number of likely N-dealkylation sites (tertiary alicyclic amines) is 1. The van der Waals surface area contributed by atoms with Crippen LogP contribution in [0.25, 0.3) is 0 Å². The largest absolute Gasteiger partial charge is 0.378 e. The molecule has 0 spiro atoms. The van der Waals surface area contributed by atoms with E-state index in [0.717, 1.165) is 28.4 Å². The Bertz CT molecular complexity index is 845. The molecule has 0 unspecified atom stereocenters. The normalized spacial score (nSPS) is 22.8. The molecular formula is C22H24ClFN2O2S. The van der Waals surface area contributed by atoms with E-state index in [2.05, 4.69) is 4.90 Å².